The van der Waals surface area contributed by atoms with Gasteiger partial charge < -0.3 is 4.74 Å². The Morgan fingerprint density at radius 2 is 1.89 bits per heavy atom. The molecule has 0 radical (unpaired) electrons. The summed E-state index contributed by atoms with van der Waals surface area (Å²) in [6, 6.07) is 16.6. The van der Waals surface area contributed by atoms with Gasteiger partial charge in [0.15, 0.2) is 0 Å². The van der Waals surface area contributed by atoms with E-state index in [2.05, 4.69) is 34.1 Å². The molecule has 0 fully saturated rings. The zero-order valence-electron chi connectivity index (χ0n) is 10.1. The van der Waals surface area contributed by atoms with Crippen LogP contribution in [0.1, 0.15) is 30.1 Å². The average molecular weight is 303 g/mol. The number of aryl methyl sites for hydroxylation is 1. The molecular weight excluding hydrogens is 288 g/mol. The molecule has 0 N–H and O–H groups in total. The number of ether oxygens (including phenoxy) is 1. The molecule has 92 valence electrons. The van der Waals surface area contributed by atoms with E-state index in [0.717, 1.165) is 23.1 Å². The first-order chi connectivity index (χ1) is 8.83. The second-order valence-corrected chi connectivity index (χ2v) is 5.57. The highest BCUT2D eigenvalue weighted by molar-refractivity contribution is 9.10. The molecule has 3 rings (SSSR count). The molecule has 0 saturated heterocycles. The second kappa shape index (κ2) is 5.15. The van der Waals surface area contributed by atoms with Gasteiger partial charge in [-0.15, -0.1) is 0 Å². The summed E-state index contributed by atoms with van der Waals surface area (Å²) in [4.78, 5) is 0. The van der Waals surface area contributed by atoms with Gasteiger partial charge in [0, 0.05) is 4.47 Å². The zero-order valence-corrected chi connectivity index (χ0v) is 11.7. The van der Waals surface area contributed by atoms with Gasteiger partial charge in [-0.2, -0.15) is 0 Å². The number of halogens is 1. The van der Waals surface area contributed by atoms with E-state index in [0.29, 0.717) is 0 Å². The van der Waals surface area contributed by atoms with Crippen LogP contribution < -0.4 is 4.74 Å². The topological polar surface area (TPSA) is 9.23 Å². The SMILES string of the molecule is Brc1ccc2c(c1)C(Oc1ccccc1)CCC2. The smallest absolute Gasteiger partial charge is 0.124 e. The van der Waals surface area contributed by atoms with E-state index in [1.807, 2.05) is 30.3 Å². The summed E-state index contributed by atoms with van der Waals surface area (Å²) >= 11 is 3.55. The van der Waals surface area contributed by atoms with Crippen molar-refractivity contribution in [2.24, 2.45) is 0 Å². The first kappa shape index (κ1) is 11.8. The normalized spacial score (nSPS) is 18.2. The molecule has 0 heterocycles. The molecule has 2 aromatic carbocycles. The molecule has 18 heavy (non-hydrogen) atoms. The van der Waals surface area contributed by atoms with Crippen molar-refractivity contribution in [3.05, 3.63) is 64.1 Å². The van der Waals surface area contributed by atoms with Crippen molar-refractivity contribution in [2.45, 2.75) is 25.4 Å². The van der Waals surface area contributed by atoms with Crippen molar-refractivity contribution in [3.8, 4) is 5.75 Å². The highest BCUT2D eigenvalue weighted by atomic mass is 79.9. The van der Waals surface area contributed by atoms with E-state index in [-0.39, 0.29) is 6.10 Å². The fourth-order valence-corrected chi connectivity index (χ4v) is 2.89. The molecule has 1 atom stereocenters. The van der Waals surface area contributed by atoms with E-state index in [9.17, 15) is 0 Å². The van der Waals surface area contributed by atoms with Crippen LogP contribution in [0.15, 0.2) is 53.0 Å². The Bertz CT molecular complexity index is 536. The first-order valence-corrected chi connectivity index (χ1v) is 7.12. The van der Waals surface area contributed by atoms with Crippen LogP contribution in [0.4, 0.5) is 0 Å². The maximum atomic E-state index is 6.12. The number of hydrogen-bond donors (Lipinski definition) is 0. The van der Waals surface area contributed by atoms with Crippen LogP contribution >= 0.6 is 15.9 Å². The summed E-state index contributed by atoms with van der Waals surface area (Å²) in [5.41, 5.74) is 2.75. The van der Waals surface area contributed by atoms with Crippen LogP contribution in [-0.4, -0.2) is 0 Å². The van der Waals surface area contributed by atoms with E-state index >= 15 is 0 Å². The third kappa shape index (κ3) is 2.44. The summed E-state index contributed by atoms with van der Waals surface area (Å²) in [6.45, 7) is 0. The summed E-state index contributed by atoms with van der Waals surface area (Å²) < 4.78 is 7.25. The summed E-state index contributed by atoms with van der Waals surface area (Å²) in [6.07, 6.45) is 3.65. The van der Waals surface area contributed by atoms with Crippen LogP contribution in [-0.2, 0) is 6.42 Å². The quantitative estimate of drug-likeness (QED) is 0.766. The monoisotopic (exact) mass is 302 g/mol. The van der Waals surface area contributed by atoms with Crippen molar-refractivity contribution < 1.29 is 4.74 Å². The first-order valence-electron chi connectivity index (χ1n) is 6.33. The highest BCUT2D eigenvalue weighted by Crippen LogP contribution is 2.35. The zero-order chi connectivity index (χ0) is 12.4. The molecule has 0 spiro atoms. The number of fused-ring (bicyclic) bond motifs is 1. The van der Waals surface area contributed by atoms with Crippen LogP contribution in [0.2, 0.25) is 0 Å². The molecule has 0 aliphatic heterocycles. The summed E-state index contributed by atoms with van der Waals surface area (Å²) in [5.74, 6) is 0.954. The van der Waals surface area contributed by atoms with E-state index < -0.39 is 0 Å². The van der Waals surface area contributed by atoms with Gasteiger partial charge in [-0.05, 0) is 54.7 Å². The van der Waals surface area contributed by atoms with E-state index in [1.54, 1.807) is 0 Å². The largest absolute Gasteiger partial charge is 0.486 e. The fourth-order valence-electron chi connectivity index (χ4n) is 2.51. The van der Waals surface area contributed by atoms with Crippen LogP contribution in [0.25, 0.3) is 0 Å². The minimum atomic E-state index is 0.189. The molecule has 1 aliphatic carbocycles. The molecular formula is C16H15BrO. The molecule has 1 aliphatic rings. The van der Waals surface area contributed by atoms with Gasteiger partial charge >= 0.3 is 0 Å². The third-order valence-corrected chi connectivity index (χ3v) is 3.88. The summed E-state index contributed by atoms with van der Waals surface area (Å²) in [5, 5.41) is 0. The lowest BCUT2D eigenvalue weighted by Crippen LogP contribution is -2.15. The molecule has 2 heteroatoms. The minimum Gasteiger partial charge on any atom is -0.486 e. The molecule has 0 saturated carbocycles. The molecule has 2 aromatic rings. The minimum absolute atomic E-state index is 0.189. The van der Waals surface area contributed by atoms with Gasteiger partial charge in [0.25, 0.3) is 0 Å². The summed E-state index contributed by atoms with van der Waals surface area (Å²) in [7, 11) is 0. The lowest BCUT2D eigenvalue weighted by molar-refractivity contribution is 0.183. The lowest BCUT2D eigenvalue weighted by Gasteiger charge is -2.26. The van der Waals surface area contributed by atoms with Gasteiger partial charge in [-0.25, -0.2) is 0 Å². The number of rotatable bonds is 2. The van der Waals surface area contributed by atoms with E-state index in [4.69, 9.17) is 4.74 Å². The maximum absolute atomic E-state index is 6.12. The predicted octanol–water partition coefficient (Wildman–Crippen LogP) is 4.91. The highest BCUT2D eigenvalue weighted by Gasteiger charge is 2.21. The van der Waals surface area contributed by atoms with Crippen molar-refractivity contribution in [1.82, 2.24) is 0 Å². The van der Waals surface area contributed by atoms with Gasteiger partial charge in [0.1, 0.15) is 11.9 Å². The van der Waals surface area contributed by atoms with E-state index in [1.165, 1.54) is 17.5 Å². The van der Waals surface area contributed by atoms with Crippen molar-refractivity contribution in [1.29, 1.82) is 0 Å². The number of hydrogen-bond acceptors (Lipinski definition) is 1. The Hall–Kier alpha value is -1.28. The molecule has 1 nitrogen and oxygen atoms in total. The van der Waals surface area contributed by atoms with Crippen LogP contribution in [0.5, 0.6) is 5.75 Å². The maximum Gasteiger partial charge on any atom is 0.124 e. The Balaban J connectivity index is 1.89. The Kier molecular flexibility index (Phi) is 3.37. The molecule has 1 unspecified atom stereocenters. The van der Waals surface area contributed by atoms with Crippen LogP contribution in [0.3, 0.4) is 0 Å². The van der Waals surface area contributed by atoms with Gasteiger partial charge in [0.05, 0.1) is 0 Å². The molecule has 0 aromatic heterocycles. The van der Waals surface area contributed by atoms with Crippen molar-refractivity contribution in [3.63, 3.8) is 0 Å². The average Bonchev–Trinajstić information content (AvgIpc) is 2.41. The standard InChI is InChI=1S/C16H15BrO/c17-13-10-9-12-5-4-8-16(15(12)11-13)18-14-6-2-1-3-7-14/h1-3,6-7,9-11,16H,4-5,8H2. The van der Waals surface area contributed by atoms with Gasteiger partial charge in [0.2, 0.25) is 0 Å². The predicted molar refractivity (Wildman–Crippen MR) is 76.9 cm³/mol. The Labute approximate surface area is 116 Å². The van der Waals surface area contributed by atoms with Crippen molar-refractivity contribution in [2.75, 3.05) is 0 Å². The molecule has 0 amide bonds. The number of benzene rings is 2. The fraction of sp³-hybridized carbons (Fsp3) is 0.250. The van der Waals surface area contributed by atoms with Gasteiger partial charge in [-0.3, -0.25) is 0 Å². The lowest BCUT2D eigenvalue weighted by atomic mass is 9.89. The van der Waals surface area contributed by atoms with Crippen molar-refractivity contribution >= 4 is 15.9 Å². The number of para-hydroxylation sites is 1. The molecule has 0 bridgehead atoms. The Morgan fingerprint density at radius 3 is 2.72 bits per heavy atom. The third-order valence-electron chi connectivity index (χ3n) is 3.39. The second-order valence-electron chi connectivity index (χ2n) is 4.65. The Morgan fingerprint density at radius 1 is 1.06 bits per heavy atom. The van der Waals surface area contributed by atoms with Gasteiger partial charge in [-0.1, -0.05) is 40.2 Å². The van der Waals surface area contributed by atoms with Crippen LogP contribution in [0, 0.1) is 0 Å².